The molecule has 7 nitrogen and oxygen atoms in total. The number of carbonyl (C=O) groups excluding carboxylic acids is 1. The Morgan fingerprint density at radius 2 is 2.05 bits per heavy atom. The fourth-order valence-corrected chi connectivity index (χ4v) is 2.45. The van der Waals surface area contributed by atoms with Crippen LogP contribution in [0.4, 0.5) is 0 Å². The first-order chi connectivity index (χ1) is 9.80. The Bertz CT molecular complexity index is 472. The van der Waals surface area contributed by atoms with E-state index in [1.165, 1.54) is 6.26 Å². The van der Waals surface area contributed by atoms with Gasteiger partial charge in [-0.1, -0.05) is 0 Å². The van der Waals surface area contributed by atoms with E-state index in [2.05, 4.69) is 20.9 Å². The van der Waals surface area contributed by atoms with Gasteiger partial charge in [0, 0.05) is 24.9 Å². The van der Waals surface area contributed by atoms with Gasteiger partial charge < -0.3 is 16.0 Å². The molecule has 1 aliphatic carbocycles. The number of hydrogen-bond donors (Lipinski definition) is 3. The van der Waals surface area contributed by atoms with Crippen LogP contribution in [0, 0.1) is 0 Å². The van der Waals surface area contributed by atoms with Gasteiger partial charge in [0.2, 0.25) is 5.91 Å². The van der Waals surface area contributed by atoms with E-state index in [1.54, 1.807) is 0 Å². The molecule has 1 fully saturated rings. The molecule has 0 radical (unpaired) electrons. The SMILES string of the molecule is CCNC(=NCC(=O)NC1CC1)NC(C)CCS(C)(=O)=O. The molecule has 1 aliphatic rings. The monoisotopic (exact) mass is 318 g/mol. The van der Waals surface area contributed by atoms with Crippen LogP contribution in [0.25, 0.3) is 0 Å². The molecule has 0 aromatic heterocycles. The molecule has 0 aromatic rings. The summed E-state index contributed by atoms with van der Waals surface area (Å²) in [5, 5.41) is 9.02. The summed E-state index contributed by atoms with van der Waals surface area (Å²) < 4.78 is 22.3. The van der Waals surface area contributed by atoms with Crippen LogP contribution in [0.15, 0.2) is 4.99 Å². The molecule has 0 aromatic carbocycles. The van der Waals surface area contributed by atoms with Gasteiger partial charge in [-0.3, -0.25) is 4.79 Å². The fraction of sp³-hybridized carbons (Fsp3) is 0.846. The summed E-state index contributed by atoms with van der Waals surface area (Å²) in [6.07, 6.45) is 3.82. The van der Waals surface area contributed by atoms with E-state index in [9.17, 15) is 13.2 Å². The molecule has 1 unspecified atom stereocenters. The van der Waals surface area contributed by atoms with Crippen molar-refractivity contribution in [3.8, 4) is 0 Å². The summed E-state index contributed by atoms with van der Waals surface area (Å²) in [5.41, 5.74) is 0. The van der Waals surface area contributed by atoms with Crippen LogP contribution >= 0.6 is 0 Å². The normalized spacial score (nSPS) is 17.2. The van der Waals surface area contributed by atoms with Gasteiger partial charge in [0.05, 0.1) is 5.75 Å². The van der Waals surface area contributed by atoms with Crippen LogP contribution in [-0.2, 0) is 14.6 Å². The maximum atomic E-state index is 11.6. The average molecular weight is 318 g/mol. The highest BCUT2D eigenvalue weighted by atomic mass is 32.2. The molecule has 0 heterocycles. The van der Waals surface area contributed by atoms with Crippen molar-refractivity contribution in [2.24, 2.45) is 4.99 Å². The van der Waals surface area contributed by atoms with Crippen LogP contribution in [0.1, 0.15) is 33.1 Å². The van der Waals surface area contributed by atoms with Crippen molar-refractivity contribution in [3.63, 3.8) is 0 Å². The van der Waals surface area contributed by atoms with Gasteiger partial charge in [0.25, 0.3) is 0 Å². The summed E-state index contributed by atoms with van der Waals surface area (Å²) in [6, 6.07) is 0.293. The van der Waals surface area contributed by atoms with Crippen molar-refractivity contribution in [1.82, 2.24) is 16.0 Å². The molecule has 3 N–H and O–H groups in total. The molecule has 0 saturated heterocycles. The quantitative estimate of drug-likeness (QED) is 0.419. The molecule has 1 amide bonds. The molecular formula is C13H26N4O3S. The van der Waals surface area contributed by atoms with Gasteiger partial charge in [-0.15, -0.1) is 0 Å². The van der Waals surface area contributed by atoms with Gasteiger partial charge in [0.15, 0.2) is 5.96 Å². The lowest BCUT2D eigenvalue weighted by atomic mass is 10.3. The Morgan fingerprint density at radius 1 is 1.38 bits per heavy atom. The third-order valence-electron chi connectivity index (χ3n) is 2.97. The van der Waals surface area contributed by atoms with Crippen molar-refractivity contribution in [1.29, 1.82) is 0 Å². The van der Waals surface area contributed by atoms with Crippen molar-refractivity contribution >= 4 is 21.7 Å². The Hall–Kier alpha value is -1.31. The van der Waals surface area contributed by atoms with Crippen LogP contribution in [-0.4, -0.2) is 57.5 Å². The van der Waals surface area contributed by atoms with Gasteiger partial charge >= 0.3 is 0 Å². The molecule has 21 heavy (non-hydrogen) atoms. The van der Waals surface area contributed by atoms with E-state index in [0.29, 0.717) is 25.0 Å². The van der Waals surface area contributed by atoms with E-state index in [0.717, 1.165) is 12.8 Å². The maximum absolute atomic E-state index is 11.6. The van der Waals surface area contributed by atoms with Crippen LogP contribution in [0.3, 0.4) is 0 Å². The zero-order chi connectivity index (χ0) is 15.9. The third kappa shape index (κ3) is 9.28. The number of carbonyl (C=O) groups is 1. The standard InChI is InChI=1S/C13H26N4O3S/c1-4-14-13(15-9-12(18)17-11-5-6-11)16-10(2)7-8-21(3,19)20/h10-11H,4-9H2,1-3H3,(H,17,18)(H2,14,15,16). The van der Waals surface area contributed by atoms with Gasteiger partial charge in [0.1, 0.15) is 16.4 Å². The second-order valence-corrected chi connectivity index (χ2v) is 7.76. The van der Waals surface area contributed by atoms with Crippen molar-refractivity contribution in [2.45, 2.75) is 45.2 Å². The first kappa shape index (κ1) is 17.7. The largest absolute Gasteiger partial charge is 0.357 e. The average Bonchev–Trinajstić information content (AvgIpc) is 3.17. The molecule has 0 bridgehead atoms. The summed E-state index contributed by atoms with van der Waals surface area (Å²) in [7, 11) is -2.96. The molecule has 1 atom stereocenters. The second-order valence-electron chi connectivity index (χ2n) is 5.50. The topological polar surface area (TPSA) is 99.7 Å². The lowest BCUT2D eigenvalue weighted by Crippen LogP contribution is -2.43. The minimum absolute atomic E-state index is 0.0379. The highest BCUT2D eigenvalue weighted by molar-refractivity contribution is 7.90. The van der Waals surface area contributed by atoms with Gasteiger partial charge in [-0.2, -0.15) is 0 Å². The lowest BCUT2D eigenvalue weighted by molar-refractivity contribution is -0.119. The Morgan fingerprint density at radius 3 is 2.57 bits per heavy atom. The van der Waals surface area contributed by atoms with Gasteiger partial charge in [-0.05, 0) is 33.1 Å². The summed E-state index contributed by atoms with van der Waals surface area (Å²) in [4.78, 5) is 15.8. The number of rotatable bonds is 8. The molecule has 8 heteroatoms. The third-order valence-corrected chi connectivity index (χ3v) is 3.95. The number of aliphatic imine (C=N–C) groups is 1. The van der Waals surface area contributed by atoms with Gasteiger partial charge in [-0.25, -0.2) is 13.4 Å². The van der Waals surface area contributed by atoms with Crippen molar-refractivity contribution in [3.05, 3.63) is 0 Å². The predicted octanol–water partition coefficient (Wildman–Crippen LogP) is -0.357. The zero-order valence-corrected chi connectivity index (χ0v) is 13.8. The fourth-order valence-electron chi connectivity index (χ4n) is 1.67. The number of nitrogens with zero attached hydrogens (tertiary/aromatic N) is 1. The minimum atomic E-state index is -2.96. The Kier molecular flexibility index (Phi) is 6.94. The Balaban J connectivity index is 2.40. The molecule has 0 aliphatic heterocycles. The Labute approximate surface area is 126 Å². The summed E-state index contributed by atoms with van der Waals surface area (Å²) in [6.45, 7) is 4.57. The number of amides is 1. The summed E-state index contributed by atoms with van der Waals surface area (Å²) >= 11 is 0. The highest BCUT2D eigenvalue weighted by Gasteiger charge is 2.22. The first-order valence-corrected chi connectivity index (χ1v) is 9.38. The molecular weight excluding hydrogens is 292 g/mol. The second kappa shape index (κ2) is 8.21. The van der Waals surface area contributed by atoms with Crippen LogP contribution < -0.4 is 16.0 Å². The molecule has 1 saturated carbocycles. The smallest absolute Gasteiger partial charge is 0.242 e. The maximum Gasteiger partial charge on any atom is 0.242 e. The highest BCUT2D eigenvalue weighted by Crippen LogP contribution is 2.18. The van der Waals surface area contributed by atoms with Crippen LogP contribution in [0.2, 0.25) is 0 Å². The van der Waals surface area contributed by atoms with E-state index in [4.69, 9.17) is 0 Å². The van der Waals surface area contributed by atoms with Crippen molar-refractivity contribution < 1.29 is 13.2 Å². The number of guanidine groups is 1. The summed E-state index contributed by atoms with van der Waals surface area (Å²) in [5.74, 6) is 0.575. The first-order valence-electron chi connectivity index (χ1n) is 7.32. The number of hydrogen-bond acceptors (Lipinski definition) is 4. The van der Waals surface area contributed by atoms with E-state index >= 15 is 0 Å². The van der Waals surface area contributed by atoms with Crippen LogP contribution in [0.5, 0.6) is 0 Å². The molecule has 122 valence electrons. The molecule has 1 rings (SSSR count). The lowest BCUT2D eigenvalue weighted by Gasteiger charge is -2.17. The van der Waals surface area contributed by atoms with Crippen molar-refractivity contribution in [2.75, 3.05) is 25.1 Å². The van der Waals surface area contributed by atoms with E-state index in [-0.39, 0.29) is 24.2 Å². The van der Waals surface area contributed by atoms with E-state index < -0.39 is 9.84 Å². The number of sulfone groups is 1. The minimum Gasteiger partial charge on any atom is -0.357 e. The predicted molar refractivity (Wildman–Crippen MR) is 84.1 cm³/mol. The van der Waals surface area contributed by atoms with E-state index in [1.807, 2.05) is 13.8 Å². The number of nitrogens with one attached hydrogen (secondary N) is 3. The zero-order valence-electron chi connectivity index (χ0n) is 13.0. The molecule has 0 spiro atoms.